The third-order valence-corrected chi connectivity index (χ3v) is 4.38. The Morgan fingerprint density at radius 3 is 2.13 bits per heavy atom. The molecule has 0 aromatic heterocycles. The van der Waals surface area contributed by atoms with Crippen LogP contribution in [0.2, 0.25) is 0 Å². The van der Waals surface area contributed by atoms with Crippen LogP contribution in [-0.4, -0.2) is 54.1 Å². The summed E-state index contributed by atoms with van der Waals surface area (Å²) in [6, 6.07) is 13.1. The topological polar surface area (TPSA) is 70.2 Å². The lowest BCUT2D eigenvalue weighted by atomic mass is 10.2. The molecule has 2 aromatic carbocycles. The number of ether oxygens (including phenoxy) is 1. The predicted octanol–water partition coefficient (Wildman–Crippen LogP) is 3.01. The monoisotopic (exact) mass is 421 g/mol. The number of halogens is 3. The van der Waals surface area contributed by atoms with Crippen LogP contribution < -0.4 is 9.64 Å². The molecule has 1 aliphatic heterocycles. The number of urea groups is 1. The zero-order valence-corrected chi connectivity index (χ0v) is 15.9. The van der Waals surface area contributed by atoms with Gasteiger partial charge in [-0.1, -0.05) is 30.3 Å². The highest BCUT2D eigenvalue weighted by Crippen LogP contribution is 2.26. The number of nitrogens with zero attached hydrogens (tertiary/aromatic N) is 3. The number of rotatable bonds is 7. The van der Waals surface area contributed by atoms with Gasteiger partial charge in [-0.3, -0.25) is 14.5 Å². The molecule has 1 saturated heterocycles. The molecule has 0 bridgehead atoms. The minimum absolute atomic E-state index is 0.118. The Morgan fingerprint density at radius 1 is 0.933 bits per heavy atom. The van der Waals surface area contributed by atoms with Crippen molar-refractivity contribution in [3.63, 3.8) is 0 Å². The number of alkyl halides is 3. The Labute approximate surface area is 170 Å². The largest absolute Gasteiger partial charge is 0.497 e. The quantitative estimate of drug-likeness (QED) is 0.508. The Balaban J connectivity index is 1.82. The van der Waals surface area contributed by atoms with E-state index in [1.165, 1.54) is 31.4 Å². The van der Waals surface area contributed by atoms with Crippen molar-refractivity contribution in [2.75, 3.05) is 25.2 Å². The molecular weight excluding hydrogens is 403 g/mol. The van der Waals surface area contributed by atoms with Crippen LogP contribution in [0.1, 0.15) is 5.56 Å². The van der Waals surface area contributed by atoms with Gasteiger partial charge in [0.15, 0.2) is 0 Å². The lowest BCUT2D eigenvalue weighted by Gasteiger charge is -2.27. The number of anilines is 1. The highest BCUT2D eigenvalue weighted by atomic mass is 19.4. The number of methoxy groups -OCH3 is 1. The normalized spacial score (nSPS) is 14.8. The smallest absolute Gasteiger partial charge is 0.401 e. The first-order chi connectivity index (χ1) is 14.2. The van der Waals surface area contributed by atoms with E-state index in [0.29, 0.717) is 21.1 Å². The summed E-state index contributed by atoms with van der Waals surface area (Å²) >= 11 is 0. The van der Waals surface area contributed by atoms with E-state index in [1.807, 2.05) is 0 Å². The first-order valence-electron chi connectivity index (χ1n) is 8.86. The number of carbonyl (C=O) groups excluding carboxylic acids is 3. The van der Waals surface area contributed by atoms with Crippen molar-refractivity contribution in [3.05, 3.63) is 60.2 Å². The van der Waals surface area contributed by atoms with Crippen molar-refractivity contribution in [2.45, 2.75) is 12.7 Å². The molecule has 0 unspecified atom stereocenters. The molecule has 7 nitrogen and oxygen atoms in total. The fraction of sp³-hybridized carbons (Fsp3) is 0.250. The average Bonchev–Trinajstić information content (AvgIpc) is 2.91. The molecule has 10 heteroatoms. The van der Waals surface area contributed by atoms with Gasteiger partial charge in [0, 0.05) is 6.54 Å². The van der Waals surface area contributed by atoms with Gasteiger partial charge >= 0.3 is 24.0 Å². The van der Waals surface area contributed by atoms with Crippen molar-refractivity contribution in [2.24, 2.45) is 0 Å². The first-order valence-corrected chi connectivity index (χ1v) is 8.86. The Morgan fingerprint density at radius 2 is 1.57 bits per heavy atom. The highest BCUT2D eigenvalue weighted by Gasteiger charge is 2.46. The molecule has 30 heavy (non-hydrogen) atoms. The van der Waals surface area contributed by atoms with Crippen molar-refractivity contribution in [1.29, 1.82) is 0 Å². The van der Waals surface area contributed by atoms with Gasteiger partial charge in [0.25, 0.3) is 0 Å². The molecule has 0 radical (unpaired) electrons. The molecule has 0 saturated carbocycles. The molecule has 158 valence electrons. The van der Waals surface area contributed by atoms with Crippen LogP contribution in [0.5, 0.6) is 5.75 Å². The van der Waals surface area contributed by atoms with Crippen LogP contribution in [-0.2, 0) is 16.1 Å². The summed E-state index contributed by atoms with van der Waals surface area (Å²) < 4.78 is 44.1. The summed E-state index contributed by atoms with van der Waals surface area (Å²) in [6.45, 7) is -2.19. The summed E-state index contributed by atoms with van der Waals surface area (Å²) in [5.74, 6) is -1.84. The van der Waals surface area contributed by atoms with Gasteiger partial charge in [-0.2, -0.15) is 13.2 Å². The van der Waals surface area contributed by atoms with Gasteiger partial charge in [0.05, 0.1) is 26.0 Å². The second-order valence-corrected chi connectivity index (χ2v) is 6.58. The SMILES string of the molecule is COc1ccc(N2C(=O)C(=O)N(CN(Cc3ccccc3)CC(F)(F)F)C2=O)cc1. The van der Waals surface area contributed by atoms with Gasteiger partial charge in [-0.25, -0.2) is 14.6 Å². The second-order valence-electron chi connectivity index (χ2n) is 6.58. The molecule has 0 atom stereocenters. The van der Waals surface area contributed by atoms with E-state index in [4.69, 9.17) is 4.74 Å². The number of benzene rings is 2. The fourth-order valence-corrected chi connectivity index (χ4v) is 3.04. The molecule has 0 spiro atoms. The van der Waals surface area contributed by atoms with E-state index in [9.17, 15) is 27.6 Å². The Kier molecular flexibility index (Phi) is 6.06. The molecule has 1 aliphatic rings. The fourth-order valence-electron chi connectivity index (χ4n) is 3.04. The van der Waals surface area contributed by atoms with E-state index in [1.54, 1.807) is 30.3 Å². The summed E-state index contributed by atoms with van der Waals surface area (Å²) in [5, 5.41) is 0. The van der Waals surface area contributed by atoms with Crippen LogP contribution in [0.3, 0.4) is 0 Å². The van der Waals surface area contributed by atoms with Crippen molar-refractivity contribution in [1.82, 2.24) is 9.80 Å². The van der Waals surface area contributed by atoms with Gasteiger partial charge in [-0.15, -0.1) is 0 Å². The molecule has 0 aliphatic carbocycles. The van der Waals surface area contributed by atoms with E-state index in [2.05, 4.69) is 0 Å². The number of hydrogen-bond donors (Lipinski definition) is 0. The lowest BCUT2D eigenvalue weighted by molar-refractivity contribution is -0.154. The summed E-state index contributed by atoms with van der Waals surface area (Å²) in [7, 11) is 1.44. The molecule has 4 amide bonds. The third-order valence-electron chi connectivity index (χ3n) is 4.38. The summed E-state index contributed by atoms with van der Waals surface area (Å²) in [4.78, 5) is 39.4. The van der Waals surface area contributed by atoms with Gasteiger partial charge in [0.2, 0.25) is 0 Å². The second kappa shape index (κ2) is 8.54. The van der Waals surface area contributed by atoms with Crippen LogP contribution in [0.15, 0.2) is 54.6 Å². The van der Waals surface area contributed by atoms with E-state index in [0.717, 1.165) is 4.90 Å². The Bertz CT molecular complexity index is 933. The van der Waals surface area contributed by atoms with E-state index < -0.39 is 37.2 Å². The van der Waals surface area contributed by atoms with Crippen LogP contribution in [0.25, 0.3) is 0 Å². The summed E-state index contributed by atoms with van der Waals surface area (Å²) in [6.07, 6.45) is -4.56. The number of hydrogen-bond acceptors (Lipinski definition) is 5. The lowest BCUT2D eigenvalue weighted by Crippen LogP contribution is -2.45. The molecule has 2 aromatic rings. The van der Waals surface area contributed by atoms with Crippen molar-refractivity contribution < 1.29 is 32.3 Å². The van der Waals surface area contributed by atoms with Gasteiger partial charge in [0.1, 0.15) is 5.75 Å². The summed E-state index contributed by atoms with van der Waals surface area (Å²) in [5.41, 5.74) is 0.686. The first kappa shape index (κ1) is 21.3. The maximum atomic E-state index is 13.0. The standard InChI is InChI=1S/C20H18F3N3O4/c1-30-16-9-7-15(8-10-16)26-18(28)17(27)25(19(26)29)13-24(12-20(21,22)23)11-14-5-3-2-4-6-14/h2-10H,11-13H2,1H3. The van der Waals surface area contributed by atoms with E-state index >= 15 is 0 Å². The number of carbonyl (C=O) groups is 3. The maximum Gasteiger partial charge on any atom is 0.401 e. The minimum atomic E-state index is -4.56. The number of imide groups is 2. The Hall–Kier alpha value is -3.40. The van der Waals surface area contributed by atoms with E-state index in [-0.39, 0.29) is 12.2 Å². The van der Waals surface area contributed by atoms with Crippen molar-refractivity contribution in [3.8, 4) is 5.75 Å². The zero-order valence-electron chi connectivity index (χ0n) is 15.9. The predicted molar refractivity (Wildman–Crippen MR) is 100 cm³/mol. The maximum absolute atomic E-state index is 13.0. The number of amides is 4. The molecule has 0 N–H and O–H groups in total. The van der Waals surface area contributed by atoms with Crippen LogP contribution >= 0.6 is 0 Å². The van der Waals surface area contributed by atoms with Crippen molar-refractivity contribution >= 4 is 23.5 Å². The van der Waals surface area contributed by atoms with Gasteiger partial charge in [-0.05, 0) is 29.8 Å². The molecular formula is C20H18F3N3O4. The van der Waals surface area contributed by atoms with Gasteiger partial charge < -0.3 is 4.74 Å². The molecule has 1 heterocycles. The third kappa shape index (κ3) is 4.77. The van der Waals surface area contributed by atoms with Crippen LogP contribution in [0.4, 0.5) is 23.7 Å². The zero-order chi connectivity index (χ0) is 21.9. The minimum Gasteiger partial charge on any atom is -0.497 e. The highest BCUT2D eigenvalue weighted by molar-refractivity contribution is 6.52. The molecule has 1 fully saturated rings. The average molecular weight is 421 g/mol. The molecule has 3 rings (SSSR count). The van der Waals surface area contributed by atoms with Crippen LogP contribution in [0, 0.1) is 0 Å².